The maximum atomic E-state index is 13.5. The Morgan fingerprint density at radius 3 is 2.75 bits per heavy atom. The normalized spacial score (nSPS) is 17.9. The van der Waals surface area contributed by atoms with Crippen LogP contribution in [0.15, 0.2) is 22.7 Å². The number of aliphatic hydroxyl groups is 1. The molecular formula is C11H10BrFO3. The van der Waals surface area contributed by atoms with Crippen LogP contribution in [0.2, 0.25) is 0 Å². The van der Waals surface area contributed by atoms with Gasteiger partial charge < -0.3 is 9.84 Å². The summed E-state index contributed by atoms with van der Waals surface area (Å²) in [7, 11) is 0. The third-order valence-corrected chi connectivity index (χ3v) is 3.21. The third-order valence-electron chi connectivity index (χ3n) is 2.71. The lowest BCUT2D eigenvalue weighted by molar-refractivity contribution is -0.109. The maximum absolute atomic E-state index is 13.5. The molecule has 0 unspecified atom stereocenters. The largest absolute Gasteiger partial charge is 0.395 e. The Balaban J connectivity index is 2.37. The molecule has 2 rings (SSSR count). The van der Waals surface area contributed by atoms with Gasteiger partial charge in [-0.15, -0.1) is 0 Å². The first-order valence-corrected chi connectivity index (χ1v) is 5.57. The van der Waals surface area contributed by atoms with E-state index in [1.54, 1.807) is 0 Å². The maximum Gasteiger partial charge on any atom is 0.178 e. The number of ketones is 1. The van der Waals surface area contributed by atoms with Crippen molar-refractivity contribution in [1.29, 1.82) is 0 Å². The SMILES string of the molecule is O=C(c1cc(Br)ccc1F)C1(CO)COC1. The molecule has 1 N–H and O–H groups in total. The summed E-state index contributed by atoms with van der Waals surface area (Å²) in [6, 6.07) is 4.17. The molecule has 5 heteroatoms. The van der Waals surface area contributed by atoms with E-state index in [0.717, 1.165) is 0 Å². The molecule has 0 aliphatic carbocycles. The molecule has 0 amide bonds. The zero-order chi connectivity index (χ0) is 11.8. The van der Waals surface area contributed by atoms with Crippen LogP contribution in [0.4, 0.5) is 4.39 Å². The van der Waals surface area contributed by atoms with E-state index in [0.29, 0.717) is 4.47 Å². The molecule has 1 heterocycles. The Hall–Kier alpha value is -0.780. The number of ether oxygens (including phenoxy) is 1. The van der Waals surface area contributed by atoms with Gasteiger partial charge in [0.1, 0.15) is 11.2 Å². The predicted octanol–water partition coefficient (Wildman–Crippen LogP) is 1.78. The van der Waals surface area contributed by atoms with Crippen molar-refractivity contribution in [2.24, 2.45) is 5.41 Å². The van der Waals surface area contributed by atoms with E-state index in [2.05, 4.69) is 15.9 Å². The molecule has 1 fully saturated rings. The van der Waals surface area contributed by atoms with Crippen LogP contribution in [0.3, 0.4) is 0 Å². The second-order valence-electron chi connectivity index (χ2n) is 3.88. The molecule has 3 nitrogen and oxygen atoms in total. The van der Waals surface area contributed by atoms with Crippen LogP contribution in [0.5, 0.6) is 0 Å². The second-order valence-corrected chi connectivity index (χ2v) is 4.80. The highest BCUT2D eigenvalue weighted by molar-refractivity contribution is 9.10. The van der Waals surface area contributed by atoms with Crippen molar-refractivity contribution in [1.82, 2.24) is 0 Å². The molecule has 1 aromatic rings. The first-order valence-electron chi connectivity index (χ1n) is 4.77. The molecule has 0 bridgehead atoms. The fourth-order valence-corrected chi connectivity index (χ4v) is 1.96. The van der Waals surface area contributed by atoms with Crippen molar-refractivity contribution in [3.05, 3.63) is 34.1 Å². The third kappa shape index (κ3) is 1.79. The van der Waals surface area contributed by atoms with Crippen LogP contribution in [-0.4, -0.2) is 30.7 Å². The van der Waals surface area contributed by atoms with Crippen LogP contribution >= 0.6 is 15.9 Å². The zero-order valence-corrected chi connectivity index (χ0v) is 9.96. The Morgan fingerprint density at radius 2 is 2.25 bits per heavy atom. The van der Waals surface area contributed by atoms with E-state index < -0.39 is 17.0 Å². The summed E-state index contributed by atoms with van der Waals surface area (Å²) in [6.45, 7) is -0.0274. The number of hydrogen-bond acceptors (Lipinski definition) is 3. The lowest BCUT2D eigenvalue weighted by Crippen LogP contribution is -2.52. The number of benzene rings is 1. The molecular weight excluding hydrogens is 279 g/mol. The fourth-order valence-electron chi connectivity index (χ4n) is 1.60. The minimum absolute atomic E-state index is 0.00766. The molecule has 1 saturated heterocycles. The zero-order valence-electron chi connectivity index (χ0n) is 8.37. The van der Waals surface area contributed by atoms with Gasteiger partial charge in [-0.3, -0.25) is 4.79 Å². The first-order chi connectivity index (χ1) is 7.59. The van der Waals surface area contributed by atoms with Gasteiger partial charge in [0, 0.05) is 4.47 Å². The summed E-state index contributed by atoms with van der Waals surface area (Å²) in [5, 5.41) is 9.19. The molecule has 16 heavy (non-hydrogen) atoms. The van der Waals surface area contributed by atoms with Crippen molar-refractivity contribution in [2.45, 2.75) is 0 Å². The summed E-state index contributed by atoms with van der Waals surface area (Å²) < 4.78 is 19.0. The van der Waals surface area contributed by atoms with E-state index in [9.17, 15) is 14.3 Å². The second kappa shape index (κ2) is 4.24. The summed E-state index contributed by atoms with van der Waals surface area (Å²) in [5.41, 5.74) is -0.964. The summed E-state index contributed by atoms with van der Waals surface area (Å²) in [6.07, 6.45) is 0. The number of rotatable bonds is 3. The van der Waals surface area contributed by atoms with Crippen molar-refractivity contribution < 1.29 is 19.0 Å². The van der Waals surface area contributed by atoms with Crippen molar-refractivity contribution in [2.75, 3.05) is 19.8 Å². The monoisotopic (exact) mass is 288 g/mol. The minimum atomic E-state index is -0.957. The molecule has 1 aromatic carbocycles. The van der Waals surface area contributed by atoms with Crippen LogP contribution in [-0.2, 0) is 4.74 Å². The molecule has 1 aliphatic heterocycles. The molecule has 0 atom stereocenters. The highest BCUT2D eigenvalue weighted by Crippen LogP contribution is 2.32. The van der Waals surface area contributed by atoms with Gasteiger partial charge in [0.15, 0.2) is 5.78 Å². The number of carbonyl (C=O) groups excluding carboxylic acids is 1. The Bertz CT molecular complexity index is 424. The van der Waals surface area contributed by atoms with Crippen molar-refractivity contribution in [3.8, 4) is 0 Å². The standard InChI is InChI=1S/C11H10BrFO3/c12-7-1-2-9(13)8(3-7)10(15)11(4-14)5-16-6-11/h1-3,14H,4-6H2. The molecule has 0 radical (unpaired) electrons. The van der Waals surface area contributed by atoms with Crippen molar-refractivity contribution in [3.63, 3.8) is 0 Å². The summed E-state index contributed by atoms with van der Waals surface area (Å²) in [5.74, 6) is -0.979. The fraction of sp³-hybridized carbons (Fsp3) is 0.364. The molecule has 0 spiro atoms. The van der Waals surface area contributed by atoms with E-state index in [1.165, 1.54) is 18.2 Å². The number of carbonyl (C=O) groups is 1. The Kier molecular flexibility index (Phi) is 3.10. The number of hydrogen-bond donors (Lipinski definition) is 1. The average Bonchev–Trinajstić information content (AvgIpc) is 2.21. The van der Waals surface area contributed by atoms with Gasteiger partial charge in [0.2, 0.25) is 0 Å². The van der Waals surface area contributed by atoms with Gasteiger partial charge >= 0.3 is 0 Å². The Morgan fingerprint density at radius 1 is 1.56 bits per heavy atom. The average molecular weight is 289 g/mol. The van der Waals surface area contributed by atoms with Crippen LogP contribution in [0.1, 0.15) is 10.4 Å². The molecule has 1 aliphatic rings. The highest BCUT2D eigenvalue weighted by Gasteiger charge is 2.46. The van der Waals surface area contributed by atoms with Crippen LogP contribution < -0.4 is 0 Å². The minimum Gasteiger partial charge on any atom is -0.395 e. The quantitative estimate of drug-likeness (QED) is 0.863. The van der Waals surface area contributed by atoms with E-state index in [-0.39, 0.29) is 25.4 Å². The van der Waals surface area contributed by atoms with Gasteiger partial charge in [0.05, 0.1) is 25.4 Å². The number of Topliss-reactive ketones (excluding diaryl/α,β-unsaturated/α-hetero) is 1. The smallest absolute Gasteiger partial charge is 0.178 e. The van der Waals surface area contributed by atoms with Gasteiger partial charge in [-0.2, -0.15) is 0 Å². The van der Waals surface area contributed by atoms with Gasteiger partial charge in [0.25, 0.3) is 0 Å². The van der Waals surface area contributed by atoms with Gasteiger partial charge in [-0.1, -0.05) is 15.9 Å². The van der Waals surface area contributed by atoms with Crippen LogP contribution in [0.25, 0.3) is 0 Å². The van der Waals surface area contributed by atoms with E-state index in [4.69, 9.17) is 4.74 Å². The summed E-state index contributed by atoms with van der Waals surface area (Å²) >= 11 is 3.18. The molecule has 86 valence electrons. The lowest BCUT2D eigenvalue weighted by Gasteiger charge is -2.38. The summed E-state index contributed by atoms with van der Waals surface area (Å²) in [4.78, 5) is 12.1. The molecule has 0 saturated carbocycles. The number of halogens is 2. The predicted molar refractivity (Wildman–Crippen MR) is 58.8 cm³/mol. The topological polar surface area (TPSA) is 46.5 Å². The first kappa shape index (κ1) is 11.7. The highest BCUT2D eigenvalue weighted by atomic mass is 79.9. The van der Waals surface area contributed by atoms with Gasteiger partial charge in [-0.25, -0.2) is 4.39 Å². The number of aliphatic hydroxyl groups excluding tert-OH is 1. The van der Waals surface area contributed by atoms with E-state index >= 15 is 0 Å². The van der Waals surface area contributed by atoms with Gasteiger partial charge in [-0.05, 0) is 18.2 Å². The van der Waals surface area contributed by atoms with Crippen molar-refractivity contribution >= 4 is 21.7 Å². The molecule has 0 aromatic heterocycles. The van der Waals surface area contributed by atoms with E-state index in [1.807, 2.05) is 0 Å². The van der Waals surface area contributed by atoms with Crippen LogP contribution in [0, 0.1) is 11.2 Å². The Labute approximate surface area is 100 Å². The lowest BCUT2D eigenvalue weighted by atomic mass is 9.79.